The molecule has 2 fully saturated rings. The third-order valence-corrected chi connectivity index (χ3v) is 10.9. The lowest BCUT2D eigenvalue weighted by Crippen LogP contribution is -2.29. The molecule has 62 heavy (non-hydrogen) atoms. The number of carbonyl (C=O) groups excluding carboxylic acids is 2. The molecule has 0 unspecified atom stereocenters. The first kappa shape index (κ1) is 44.1. The lowest BCUT2D eigenvalue weighted by atomic mass is 10.1. The molecule has 4 heterocycles. The van der Waals surface area contributed by atoms with Crippen LogP contribution in [-0.4, -0.2) is 104 Å². The number of aryl methyl sites for hydroxylation is 2. The maximum atomic E-state index is 12.8. The molecule has 0 bridgehead atoms. The Morgan fingerprint density at radius 1 is 0.581 bits per heavy atom. The van der Waals surface area contributed by atoms with Crippen molar-refractivity contribution in [3.63, 3.8) is 0 Å². The molecule has 0 atom stereocenters. The highest BCUT2D eigenvalue weighted by molar-refractivity contribution is 5.93. The van der Waals surface area contributed by atoms with E-state index in [9.17, 15) is 9.59 Å². The zero-order chi connectivity index (χ0) is 42.9. The fraction of sp³-hybridized carbons (Fsp3) is 0.478. The van der Waals surface area contributed by atoms with Crippen LogP contribution in [0.3, 0.4) is 0 Å². The van der Waals surface area contributed by atoms with Crippen molar-refractivity contribution in [3.8, 4) is 11.5 Å². The van der Waals surface area contributed by atoms with E-state index < -0.39 is 11.9 Å². The zero-order valence-electron chi connectivity index (χ0n) is 36.1. The highest BCUT2D eigenvalue weighted by Gasteiger charge is 2.16. The standard InChI is InChI=1S/C46H60N10O6/c1-53-45(47-21-11-27-59-39-15-9-13-35(29-39)31-55-23-5-3-6-24-55)49-41(51-53)33-61-43(57)37-17-19-38(20-18-37)44(58)62-34-42-50-46(54(2)52-42)48-22-12-28-60-40-16-10-14-36(30-40)32-56-25-7-4-8-26-56/h9-10,13-20,29-30H,3-8,11-12,21-28,31-34H2,1-2H3,(H,47,49,51)(H,48,50,52). The number of aromatic nitrogens is 6. The molecule has 16 heteroatoms. The molecule has 2 saturated heterocycles. The van der Waals surface area contributed by atoms with Crippen molar-refractivity contribution in [3.05, 3.63) is 107 Å². The minimum atomic E-state index is -0.564. The first-order chi connectivity index (χ1) is 30.3. The molecular formula is C46H60N10O6. The molecular weight excluding hydrogens is 789 g/mol. The first-order valence-electron chi connectivity index (χ1n) is 21.9. The van der Waals surface area contributed by atoms with Gasteiger partial charge in [0.1, 0.15) is 11.5 Å². The van der Waals surface area contributed by atoms with Gasteiger partial charge in [0.15, 0.2) is 24.9 Å². The van der Waals surface area contributed by atoms with Crippen LogP contribution in [0.15, 0.2) is 72.8 Å². The lowest BCUT2D eigenvalue weighted by Gasteiger charge is -2.26. The van der Waals surface area contributed by atoms with Crippen molar-refractivity contribution in [1.29, 1.82) is 0 Å². The van der Waals surface area contributed by atoms with Gasteiger partial charge in [0.05, 0.1) is 24.3 Å². The van der Waals surface area contributed by atoms with E-state index in [0.29, 0.717) is 49.8 Å². The normalized spacial score (nSPS) is 14.6. The van der Waals surface area contributed by atoms with Gasteiger partial charge in [-0.2, -0.15) is 20.2 Å². The topological polar surface area (TPSA) is 163 Å². The molecule has 5 aromatic rings. The number of hydrogen-bond acceptors (Lipinski definition) is 14. The van der Waals surface area contributed by atoms with Gasteiger partial charge >= 0.3 is 11.9 Å². The van der Waals surface area contributed by atoms with Gasteiger partial charge in [0.2, 0.25) is 11.9 Å². The smallest absolute Gasteiger partial charge is 0.338 e. The Labute approximate surface area is 363 Å². The molecule has 2 aromatic heterocycles. The Kier molecular flexibility index (Phi) is 16.2. The number of nitrogens with zero attached hydrogens (tertiary/aromatic N) is 8. The number of rotatable bonds is 22. The van der Waals surface area contributed by atoms with Crippen molar-refractivity contribution in [2.24, 2.45) is 14.1 Å². The number of likely N-dealkylation sites (tertiary alicyclic amines) is 2. The van der Waals surface area contributed by atoms with Gasteiger partial charge in [0.25, 0.3) is 0 Å². The number of hydrogen-bond donors (Lipinski definition) is 2. The second kappa shape index (κ2) is 22.7. The van der Waals surface area contributed by atoms with Crippen molar-refractivity contribution < 1.29 is 28.5 Å². The Morgan fingerprint density at radius 3 is 1.42 bits per heavy atom. The van der Waals surface area contributed by atoms with Crippen LogP contribution in [0.2, 0.25) is 0 Å². The molecule has 16 nitrogen and oxygen atoms in total. The van der Waals surface area contributed by atoms with Crippen LogP contribution in [0.1, 0.15) is 94.9 Å². The Morgan fingerprint density at radius 2 is 1.00 bits per heavy atom. The average molecular weight is 849 g/mol. The number of anilines is 2. The number of piperidine rings is 2. The summed E-state index contributed by atoms with van der Waals surface area (Å²) in [7, 11) is 3.55. The number of nitrogens with one attached hydrogen (secondary N) is 2. The molecule has 2 N–H and O–H groups in total. The summed E-state index contributed by atoms with van der Waals surface area (Å²) in [5.74, 6) is 2.49. The van der Waals surface area contributed by atoms with Crippen LogP contribution in [0.4, 0.5) is 11.9 Å². The van der Waals surface area contributed by atoms with Crippen LogP contribution in [0, 0.1) is 0 Å². The number of ether oxygens (including phenoxy) is 4. The molecule has 0 radical (unpaired) electrons. The fourth-order valence-electron chi connectivity index (χ4n) is 7.62. The van der Waals surface area contributed by atoms with E-state index in [2.05, 4.69) is 77.0 Å². The Balaban J connectivity index is 0.763. The van der Waals surface area contributed by atoms with Crippen molar-refractivity contribution >= 4 is 23.8 Å². The number of benzene rings is 3. The molecule has 3 aromatic carbocycles. The molecule has 0 spiro atoms. The summed E-state index contributed by atoms with van der Waals surface area (Å²) < 4.78 is 26.2. The summed E-state index contributed by atoms with van der Waals surface area (Å²) >= 11 is 0. The maximum Gasteiger partial charge on any atom is 0.338 e. The van der Waals surface area contributed by atoms with E-state index in [0.717, 1.165) is 63.6 Å². The second-order valence-electron chi connectivity index (χ2n) is 15.9. The highest BCUT2D eigenvalue weighted by atomic mass is 16.5. The van der Waals surface area contributed by atoms with E-state index in [1.54, 1.807) is 23.5 Å². The Hall–Kier alpha value is -6.00. The predicted molar refractivity (Wildman–Crippen MR) is 235 cm³/mol. The summed E-state index contributed by atoms with van der Waals surface area (Å²) in [5.41, 5.74) is 3.11. The van der Waals surface area contributed by atoms with E-state index in [4.69, 9.17) is 18.9 Å². The largest absolute Gasteiger partial charge is 0.494 e. The average Bonchev–Trinajstić information content (AvgIpc) is 3.84. The van der Waals surface area contributed by atoms with E-state index in [1.165, 1.54) is 73.9 Å². The van der Waals surface area contributed by atoms with Gasteiger partial charge in [-0.3, -0.25) is 9.80 Å². The quantitative estimate of drug-likeness (QED) is 0.0582. The van der Waals surface area contributed by atoms with Gasteiger partial charge in [0, 0.05) is 40.3 Å². The van der Waals surface area contributed by atoms with Gasteiger partial charge in [-0.1, -0.05) is 37.1 Å². The van der Waals surface area contributed by atoms with Crippen LogP contribution >= 0.6 is 0 Å². The fourth-order valence-corrected chi connectivity index (χ4v) is 7.62. The van der Waals surface area contributed by atoms with Crippen molar-refractivity contribution in [2.45, 2.75) is 77.7 Å². The Bertz CT molecular complexity index is 2030. The maximum absolute atomic E-state index is 12.8. The zero-order valence-corrected chi connectivity index (χ0v) is 36.1. The van der Waals surface area contributed by atoms with Gasteiger partial charge in [-0.15, -0.1) is 0 Å². The summed E-state index contributed by atoms with van der Waals surface area (Å²) in [6, 6.07) is 22.8. The van der Waals surface area contributed by atoms with Crippen LogP contribution in [0.5, 0.6) is 11.5 Å². The van der Waals surface area contributed by atoms with E-state index >= 15 is 0 Å². The van der Waals surface area contributed by atoms with Crippen LogP contribution in [0.25, 0.3) is 0 Å². The second-order valence-corrected chi connectivity index (χ2v) is 15.9. The summed E-state index contributed by atoms with van der Waals surface area (Å²) in [5, 5.41) is 15.3. The number of esters is 2. The predicted octanol–water partition coefficient (Wildman–Crippen LogP) is 6.39. The lowest BCUT2D eigenvalue weighted by molar-refractivity contribution is 0.0448. The van der Waals surface area contributed by atoms with Crippen molar-refractivity contribution in [2.75, 3.05) is 63.1 Å². The minimum Gasteiger partial charge on any atom is -0.494 e. The number of carbonyl (C=O) groups is 2. The third-order valence-electron chi connectivity index (χ3n) is 10.9. The summed E-state index contributed by atoms with van der Waals surface area (Å²) in [6.07, 6.45) is 9.30. The molecule has 0 saturated carbocycles. The van der Waals surface area contributed by atoms with Gasteiger partial charge in [-0.25, -0.2) is 19.0 Å². The highest BCUT2D eigenvalue weighted by Crippen LogP contribution is 2.20. The van der Waals surface area contributed by atoms with Crippen LogP contribution < -0.4 is 20.1 Å². The monoisotopic (exact) mass is 848 g/mol. The molecule has 2 aliphatic rings. The molecule has 330 valence electrons. The SMILES string of the molecule is Cn1nc(COC(=O)c2ccc(C(=O)OCc3nc(NCCCOc4cccc(CN5CCCCC5)c4)n(C)n3)cc2)nc1NCCCOc1cccc(CN2CCCCC2)c1. The van der Waals surface area contributed by atoms with Gasteiger partial charge in [-0.05, 0) is 124 Å². The third kappa shape index (κ3) is 13.5. The van der Waals surface area contributed by atoms with Crippen molar-refractivity contribution in [1.82, 2.24) is 39.3 Å². The van der Waals surface area contributed by atoms with Gasteiger partial charge < -0.3 is 29.6 Å². The minimum absolute atomic E-state index is 0.107. The van der Waals surface area contributed by atoms with E-state index in [1.807, 2.05) is 12.1 Å². The summed E-state index contributed by atoms with van der Waals surface area (Å²) in [6.45, 7) is 8.77. The van der Waals surface area contributed by atoms with Crippen LogP contribution in [-0.2, 0) is 49.9 Å². The van der Waals surface area contributed by atoms with E-state index in [-0.39, 0.29) is 24.3 Å². The molecule has 2 aliphatic heterocycles. The molecule has 7 rings (SSSR count). The molecule has 0 aliphatic carbocycles. The molecule has 0 amide bonds. The first-order valence-corrected chi connectivity index (χ1v) is 21.9. The summed E-state index contributed by atoms with van der Waals surface area (Å²) in [4.78, 5) is 39.6.